The molecule has 1 amide bonds. The third-order valence-corrected chi connectivity index (χ3v) is 3.32. The maximum atomic E-state index is 13.5. The zero-order valence-electron chi connectivity index (χ0n) is 11.9. The van der Waals surface area contributed by atoms with Crippen LogP contribution in [-0.4, -0.2) is 17.9 Å². The second kappa shape index (κ2) is 6.97. The number of nitrogens with zero attached hydrogens (tertiary/aromatic N) is 1. The van der Waals surface area contributed by atoms with Gasteiger partial charge in [-0.25, -0.2) is 8.78 Å². The van der Waals surface area contributed by atoms with Crippen molar-refractivity contribution in [2.24, 2.45) is 0 Å². The lowest BCUT2D eigenvalue weighted by Crippen LogP contribution is -2.26. The van der Waals surface area contributed by atoms with Gasteiger partial charge in [0, 0.05) is 20.0 Å². The Morgan fingerprint density at radius 2 is 1.71 bits per heavy atom. The third kappa shape index (κ3) is 4.38. The van der Waals surface area contributed by atoms with Gasteiger partial charge in [0.25, 0.3) is 0 Å². The van der Waals surface area contributed by atoms with Crippen molar-refractivity contribution in [3.63, 3.8) is 0 Å². The Morgan fingerprint density at radius 3 is 2.38 bits per heavy atom. The van der Waals surface area contributed by atoms with Crippen LogP contribution < -0.4 is 0 Å². The van der Waals surface area contributed by atoms with Gasteiger partial charge < -0.3 is 4.90 Å². The van der Waals surface area contributed by atoms with Crippen molar-refractivity contribution in [3.05, 3.63) is 71.3 Å². The Morgan fingerprint density at radius 1 is 1.05 bits per heavy atom. The van der Waals surface area contributed by atoms with E-state index in [4.69, 9.17) is 0 Å². The van der Waals surface area contributed by atoms with Crippen LogP contribution in [0.15, 0.2) is 48.5 Å². The average Bonchev–Trinajstić information content (AvgIpc) is 2.48. The fraction of sp³-hybridized carbons (Fsp3) is 0.235. The summed E-state index contributed by atoms with van der Waals surface area (Å²) in [5.74, 6) is -0.652. The molecule has 2 aromatic carbocycles. The van der Waals surface area contributed by atoms with Crippen LogP contribution in [0, 0.1) is 11.6 Å². The molecule has 0 fully saturated rings. The van der Waals surface area contributed by atoms with Gasteiger partial charge in [-0.3, -0.25) is 4.79 Å². The van der Waals surface area contributed by atoms with Crippen LogP contribution in [0.25, 0.3) is 0 Å². The number of aryl methyl sites for hydroxylation is 1. The molecule has 21 heavy (non-hydrogen) atoms. The zero-order chi connectivity index (χ0) is 15.2. The van der Waals surface area contributed by atoms with E-state index in [2.05, 4.69) is 0 Å². The van der Waals surface area contributed by atoms with Crippen LogP contribution in [0.3, 0.4) is 0 Å². The standard InChI is InChI=1S/C17H17F2NO/c1-20(12-13-6-9-15(18)10-7-13)17(21)11-8-14-4-2-3-5-16(14)19/h2-7,9-10H,8,11-12H2,1H3. The minimum Gasteiger partial charge on any atom is -0.341 e. The molecule has 0 aliphatic heterocycles. The predicted molar refractivity (Wildman–Crippen MR) is 77.6 cm³/mol. The molecule has 0 saturated carbocycles. The van der Waals surface area contributed by atoms with E-state index in [1.807, 2.05) is 0 Å². The molecule has 0 spiro atoms. The minimum atomic E-state index is -0.299. The normalized spacial score (nSPS) is 10.4. The predicted octanol–water partition coefficient (Wildman–Crippen LogP) is 3.56. The first-order valence-electron chi connectivity index (χ1n) is 6.78. The van der Waals surface area contributed by atoms with Crippen molar-refractivity contribution >= 4 is 5.91 Å². The summed E-state index contributed by atoms with van der Waals surface area (Å²) in [4.78, 5) is 13.6. The van der Waals surface area contributed by atoms with E-state index in [1.165, 1.54) is 18.2 Å². The smallest absolute Gasteiger partial charge is 0.222 e. The minimum absolute atomic E-state index is 0.0671. The Hall–Kier alpha value is -2.23. The van der Waals surface area contributed by atoms with Crippen LogP contribution in [0.4, 0.5) is 8.78 Å². The maximum Gasteiger partial charge on any atom is 0.222 e. The molecular weight excluding hydrogens is 272 g/mol. The Balaban J connectivity index is 1.88. The van der Waals surface area contributed by atoms with Crippen molar-refractivity contribution in [1.82, 2.24) is 4.90 Å². The van der Waals surface area contributed by atoms with Gasteiger partial charge in [-0.2, -0.15) is 0 Å². The van der Waals surface area contributed by atoms with Crippen molar-refractivity contribution in [2.45, 2.75) is 19.4 Å². The van der Waals surface area contributed by atoms with Gasteiger partial charge in [-0.05, 0) is 35.7 Å². The number of hydrogen-bond donors (Lipinski definition) is 0. The largest absolute Gasteiger partial charge is 0.341 e. The fourth-order valence-corrected chi connectivity index (χ4v) is 2.09. The molecule has 2 nitrogen and oxygen atoms in total. The Bertz CT molecular complexity index is 610. The van der Waals surface area contributed by atoms with Gasteiger partial charge in [0.05, 0.1) is 0 Å². The van der Waals surface area contributed by atoms with Gasteiger partial charge >= 0.3 is 0 Å². The van der Waals surface area contributed by atoms with Gasteiger partial charge in [-0.15, -0.1) is 0 Å². The van der Waals surface area contributed by atoms with E-state index < -0.39 is 0 Å². The first kappa shape index (κ1) is 15.2. The van der Waals surface area contributed by atoms with Crippen LogP contribution in [0.2, 0.25) is 0 Å². The lowest BCUT2D eigenvalue weighted by atomic mass is 10.1. The molecular formula is C17H17F2NO. The summed E-state index contributed by atoms with van der Waals surface area (Å²) in [7, 11) is 1.69. The molecule has 0 unspecified atom stereocenters. The highest BCUT2D eigenvalue weighted by atomic mass is 19.1. The Kier molecular flexibility index (Phi) is 5.04. The number of hydrogen-bond acceptors (Lipinski definition) is 1. The molecule has 0 aliphatic rings. The van der Waals surface area contributed by atoms with Crippen molar-refractivity contribution in [3.8, 4) is 0 Å². The van der Waals surface area contributed by atoms with Crippen LogP contribution in [0.1, 0.15) is 17.5 Å². The summed E-state index contributed by atoms with van der Waals surface area (Å²) in [6.07, 6.45) is 0.623. The average molecular weight is 289 g/mol. The first-order valence-corrected chi connectivity index (χ1v) is 6.78. The van der Waals surface area contributed by atoms with E-state index in [0.717, 1.165) is 5.56 Å². The Labute approximate surface area is 123 Å². The highest BCUT2D eigenvalue weighted by Gasteiger charge is 2.11. The molecule has 0 N–H and O–H groups in total. The highest BCUT2D eigenvalue weighted by Crippen LogP contribution is 2.11. The van der Waals surface area contributed by atoms with E-state index in [1.54, 1.807) is 42.3 Å². The van der Waals surface area contributed by atoms with Gasteiger partial charge in [0.2, 0.25) is 5.91 Å². The zero-order valence-corrected chi connectivity index (χ0v) is 11.9. The van der Waals surface area contributed by atoms with Crippen LogP contribution >= 0.6 is 0 Å². The maximum absolute atomic E-state index is 13.5. The summed E-state index contributed by atoms with van der Waals surface area (Å²) in [6, 6.07) is 12.5. The molecule has 0 heterocycles. The van der Waals surface area contributed by atoms with E-state index >= 15 is 0 Å². The van der Waals surface area contributed by atoms with Gasteiger partial charge in [-0.1, -0.05) is 30.3 Å². The SMILES string of the molecule is CN(Cc1ccc(F)cc1)C(=O)CCc1ccccc1F. The quantitative estimate of drug-likeness (QED) is 0.824. The van der Waals surface area contributed by atoms with Crippen LogP contribution in [-0.2, 0) is 17.8 Å². The summed E-state index contributed by atoms with van der Waals surface area (Å²) < 4.78 is 26.3. The number of rotatable bonds is 5. The molecule has 2 aromatic rings. The van der Waals surface area contributed by atoms with Crippen molar-refractivity contribution in [1.29, 1.82) is 0 Å². The van der Waals surface area contributed by atoms with E-state index in [9.17, 15) is 13.6 Å². The lowest BCUT2D eigenvalue weighted by Gasteiger charge is -2.17. The molecule has 0 saturated heterocycles. The summed E-state index contributed by atoms with van der Waals surface area (Å²) in [5, 5.41) is 0. The third-order valence-electron chi connectivity index (χ3n) is 3.32. The van der Waals surface area contributed by atoms with Gasteiger partial charge in [0.1, 0.15) is 11.6 Å². The lowest BCUT2D eigenvalue weighted by molar-refractivity contribution is -0.130. The number of amides is 1. The number of carbonyl (C=O) groups excluding carboxylic acids is 1. The molecule has 0 radical (unpaired) electrons. The topological polar surface area (TPSA) is 20.3 Å². The molecule has 0 aromatic heterocycles. The summed E-state index contributed by atoms with van der Waals surface area (Å²) >= 11 is 0. The summed E-state index contributed by atoms with van der Waals surface area (Å²) in [5.41, 5.74) is 1.40. The molecule has 2 rings (SSSR count). The molecule has 0 aliphatic carbocycles. The van der Waals surface area contributed by atoms with Crippen LogP contribution in [0.5, 0.6) is 0 Å². The second-order valence-corrected chi connectivity index (χ2v) is 4.97. The van der Waals surface area contributed by atoms with E-state index in [0.29, 0.717) is 18.5 Å². The fourth-order valence-electron chi connectivity index (χ4n) is 2.09. The summed E-state index contributed by atoms with van der Waals surface area (Å²) in [6.45, 7) is 0.413. The monoisotopic (exact) mass is 289 g/mol. The van der Waals surface area contributed by atoms with Crippen molar-refractivity contribution < 1.29 is 13.6 Å². The van der Waals surface area contributed by atoms with Gasteiger partial charge in [0.15, 0.2) is 0 Å². The van der Waals surface area contributed by atoms with Crippen molar-refractivity contribution in [2.75, 3.05) is 7.05 Å². The molecule has 0 bridgehead atoms. The number of benzene rings is 2. The second-order valence-electron chi connectivity index (χ2n) is 4.97. The molecule has 0 atom stereocenters. The first-order chi connectivity index (χ1) is 10.1. The number of carbonyl (C=O) groups is 1. The van der Waals surface area contributed by atoms with E-state index in [-0.39, 0.29) is 24.0 Å². The number of halogens is 2. The highest BCUT2D eigenvalue weighted by molar-refractivity contribution is 5.76. The molecule has 110 valence electrons. The molecule has 4 heteroatoms.